The van der Waals surface area contributed by atoms with Crippen molar-refractivity contribution in [3.05, 3.63) is 29.3 Å². The Balaban J connectivity index is 1.93. The van der Waals surface area contributed by atoms with Crippen LogP contribution < -0.4 is 10.1 Å². The van der Waals surface area contributed by atoms with Gasteiger partial charge in [0.1, 0.15) is 0 Å². The first kappa shape index (κ1) is 15.1. The van der Waals surface area contributed by atoms with Crippen LogP contribution >= 0.6 is 0 Å². The average molecular weight is 336 g/mol. The van der Waals surface area contributed by atoms with E-state index < -0.39 is 11.8 Å². The molecule has 4 nitrogen and oxygen atoms in total. The summed E-state index contributed by atoms with van der Waals surface area (Å²) in [6.45, 7) is 5.63. The van der Waals surface area contributed by atoms with E-state index in [0.29, 0.717) is 17.8 Å². The van der Waals surface area contributed by atoms with Gasteiger partial charge < -0.3 is 0 Å². The normalized spacial score (nSPS) is 16.8. The van der Waals surface area contributed by atoms with Crippen LogP contribution in [-0.4, -0.2) is 45.6 Å². The van der Waals surface area contributed by atoms with Crippen molar-refractivity contribution in [3.63, 3.8) is 0 Å². The molecule has 1 aromatic rings. The second-order valence-electron chi connectivity index (χ2n) is 5.39. The molecule has 0 bridgehead atoms. The first-order valence-electron chi connectivity index (χ1n) is 6.90. The van der Waals surface area contributed by atoms with Gasteiger partial charge in [0.2, 0.25) is 0 Å². The molecule has 2 rings (SSSR count). The third-order valence-corrected chi connectivity index (χ3v) is 7.60. The van der Waals surface area contributed by atoms with Crippen molar-refractivity contribution >= 4 is 31.9 Å². The van der Waals surface area contributed by atoms with Crippen LogP contribution in [0, 0.1) is 13.8 Å². The van der Waals surface area contributed by atoms with Crippen molar-refractivity contribution < 1.29 is 9.59 Å². The quantitative estimate of drug-likeness (QED) is 0.622. The Morgan fingerprint density at radius 3 is 2.50 bits per heavy atom. The Morgan fingerprint density at radius 1 is 1.25 bits per heavy atom. The Kier molecular flexibility index (Phi) is 4.87. The topological polar surface area (TPSA) is 63.4 Å². The Hall–Kier alpha value is -1.28. The number of piperidine rings is 1. The predicted molar refractivity (Wildman–Crippen MR) is 81.5 cm³/mol. The molecule has 1 atom stereocenters. The van der Waals surface area contributed by atoms with Gasteiger partial charge in [-0.1, -0.05) is 0 Å². The van der Waals surface area contributed by atoms with E-state index in [1.807, 2.05) is 0 Å². The number of nitrogens with two attached hydrogens (primary N) is 1. The summed E-state index contributed by atoms with van der Waals surface area (Å²) in [5.74, 6) is -1.37. The molecule has 0 aromatic heterocycles. The van der Waals surface area contributed by atoms with Gasteiger partial charge in [0.25, 0.3) is 0 Å². The molecular weight excluding hydrogens is 315 g/mol. The molecule has 2 amide bonds. The molecule has 1 saturated heterocycles. The monoisotopic (exact) mass is 336 g/mol. The second kappa shape index (κ2) is 6.45. The summed E-state index contributed by atoms with van der Waals surface area (Å²) in [5, 5.41) is 0. The zero-order chi connectivity index (χ0) is 14.7. The van der Waals surface area contributed by atoms with Crippen LogP contribution in [0.1, 0.15) is 24.0 Å². The average Bonchev–Trinajstić information content (AvgIpc) is 2.43. The SMILES string of the molecule is Cc1ccc(C)c([AsH]C2CCN(C(=O)C(N)=O)CC2)c1. The van der Waals surface area contributed by atoms with Crippen molar-refractivity contribution in [3.8, 4) is 0 Å². The standard InChI is InChI=1S/C15H21AsN2O2/c1-10-3-4-11(2)13(9-10)16-12-5-7-18(8-6-12)15(20)14(17)19/h3-4,9,12,16H,5-8H2,1-2H3,(H2,17,19). The van der Waals surface area contributed by atoms with Gasteiger partial charge in [-0.15, -0.1) is 0 Å². The van der Waals surface area contributed by atoms with E-state index in [1.54, 1.807) is 4.90 Å². The van der Waals surface area contributed by atoms with Crippen LogP contribution in [0.15, 0.2) is 18.2 Å². The van der Waals surface area contributed by atoms with Gasteiger partial charge in [-0.25, -0.2) is 0 Å². The number of aryl methyl sites for hydroxylation is 2. The summed E-state index contributed by atoms with van der Waals surface area (Å²) in [4.78, 5) is 24.0. The van der Waals surface area contributed by atoms with E-state index in [2.05, 4.69) is 32.0 Å². The fraction of sp³-hybridized carbons (Fsp3) is 0.467. The molecule has 1 aliphatic heterocycles. The van der Waals surface area contributed by atoms with Gasteiger partial charge in [0, 0.05) is 0 Å². The van der Waals surface area contributed by atoms with Gasteiger partial charge in [-0.05, 0) is 0 Å². The van der Waals surface area contributed by atoms with Crippen LogP contribution in [-0.2, 0) is 9.59 Å². The molecule has 1 aromatic carbocycles. The van der Waals surface area contributed by atoms with E-state index in [4.69, 9.17) is 5.73 Å². The fourth-order valence-electron chi connectivity index (χ4n) is 2.49. The van der Waals surface area contributed by atoms with Crippen LogP contribution in [0.3, 0.4) is 0 Å². The summed E-state index contributed by atoms with van der Waals surface area (Å²) in [6, 6.07) is 6.65. The number of benzene rings is 1. The number of hydrogen-bond acceptors (Lipinski definition) is 2. The van der Waals surface area contributed by atoms with Crippen LogP contribution in [0.5, 0.6) is 0 Å². The number of likely N-dealkylation sites (tertiary alicyclic amines) is 1. The van der Waals surface area contributed by atoms with Crippen LogP contribution in [0.2, 0.25) is 4.71 Å². The van der Waals surface area contributed by atoms with Gasteiger partial charge >= 0.3 is 126 Å². The molecule has 0 radical (unpaired) electrons. The van der Waals surface area contributed by atoms with Crippen molar-refractivity contribution in [2.45, 2.75) is 31.4 Å². The number of hydrogen-bond donors (Lipinski definition) is 1. The number of amides is 2. The molecule has 0 saturated carbocycles. The summed E-state index contributed by atoms with van der Waals surface area (Å²) in [5.41, 5.74) is 7.74. The summed E-state index contributed by atoms with van der Waals surface area (Å²) in [7, 11) is 0. The van der Waals surface area contributed by atoms with Gasteiger partial charge in [0.15, 0.2) is 0 Å². The van der Waals surface area contributed by atoms with E-state index >= 15 is 0 Å². The van der Waals surface area contributed by atoms with Gasteiger partial charge in [0.05, 0.1) is 0 Å². The van der Waals surface area contributed by atoms with E-state index in [0.717, 1.165) is 12.8 Å². The van der Waals surface area contributed by atoms with E-state index in [9.17, 15) is 9.59 Å². The molecule has 2 N–H and O–H groups in total. The predicted octanol–water partition coefficient (Wildman–Crippen LogP) is 0.261. The van der Waals surface area contributed by atoms with Crippen LogP contribution in [0.4, 0.5) is 0 Å². The second-order valence-corrected chi connectivity index (χ2v) is 8.84. The maximum absolute atomic E-state index is 11.5. The third-order valence-electron chi connectivity index (χ3n) is 3.75. The van der Waals surface area contributed by atoms with Crippen molar-refractivity contribution in [2.24, 2.45) is 5.73 Å². The summed E-state index contributed by atoms with van der Waals surface area (Å²) in [6.07, 6.45) is 1.98. The first-order valence-corrected chi connectivity index (χ1v) is 9.16. The number of carbonyl (C=O) groups is 2. The summed E-state index contributed by atoms with van der Waals surface area (Å²) >= 11 is -0.191. The van der Waals surface area contributed by atoms with Crippen LogP contribution in [0.25, 0.3) is 0 Å². The molecule has 5 heteroatoms. The van der Waals surface area contributed by atoms with Crippen molar-refractivity contribution in [1.29, 1.82) is 0 Å². The molecule has 108 valence electrons. The van der Waals surface area contributed by atoms with Gasteiger partial charge in [-0.2, -0.15) is 0 Å². The zero-order valence-electron chi connectivity index (χ0n) is 12.0. The zero-order valence-corrected chi connectivity index (χ0v) is 14.1. The molecule has 0 aliphatic carbocycles. The molecule has 1 fully saturated rings. The Bertz CT molecular complexity index is 523. The first-order chi connectivity index (χ1) is 9.47. The molecular formula is C15H21AsN2O2. The molecule has 20 heavy (non-hydrogen) atoms. The van der Waals surface area contributed by atoms with Crippen molar-refractivity contribution in [1.82, 2.24) is 4.90 Å². The van der Waals surface area contributed by atoms with Crippen molar-refractivity contribution in [2.75, 3.05) is 13.1 Å². The van der Waals surface area contributed by atoms with Gasteiger partial charge in [-0.3, -0.25) is 0 Å². The Morgan fingerprint density at radius 2 is 1.90 bits per heavy atom. The number of carbonyl (C=O) groups excluding carboxylic acids is 2. The molecule has 1 heterocycles. The molecule has 1 unspecified atom stereocenters. The number of primary amides is 1. The maximum atomic E-state index is 11.5. The Labute approximate surface area is 126 Å². The molecule has 1 aliphatic rings. The minimum atomic E-state index is -0.839. The number of rotatable bonds is 2. The number of nitrogens with zero attached hydrogens (tertiary/aromatic N) is 1. The third kappa shape index (κ3) is 3.63. The summed E-state index contributed by atoms with van der Waals surface area (Å²) < 4.78 is 2.22. The molecule has 0 spiro atoms. The minimum absolute atomic E-state index is 0.191. The fourth-order valence-corrected chi connectivity index (χ4v) is 5.87. The van der Waals surface area contributed by atoms with E-state index in [-0.39, 0.29) is 15.8 Å². The van der Waals surface area contributed by atoms with E-state index in [1.165, 1.54) is 15.5 Å².